The van der Waals surface area contributed by atoms with Crippen molar-refractivity contribution >= 4 is 11.3 Å². The molecule has 0 amide bonds. The second-order valence-electron chi connectivity index (χ2n) is 3.80. The lowest BCUT2D eigenvalue weighted by Crippen LogP contribution is -2.17. The molecule has 0 radical (unpaired) electrons. The normalized spacial score (nSPS) is 10.9. The van der Waals surface area contributed by atoms with Gasteiger partial charge in [0.2, 0.25) is 0 Å². The first-order chi connectivity index (χ1) is 7.75. The summed E-state index contributed by atoms with van der Waals surface area (Å²) in [6.45, 7) is 4.01. The van der Waals surface area contributed by atoms with Crippen LogP contribution >= 0.6 is 11.3 Å². The highest BCUT2D eigenvalue weighted by Gasteiger charge is 2.00. The highest BCUT2D eigenvalue weighted by molar-refractivity contribution is 7.11. The molecule has 0 aliphatic heterocycles. The summed E-state index contributed by atoms with van der Waals surface area (Å²) in [5, 5.41) is 11.3. The van der Waals surface area contributed by atoms with Crippen molar-refractivity contribution < 1.29 is 0 Å². The zero-order valence-electron chi connectivity index (χ0n) is 9.60. The minimum absolute atomic E-state index is 0.918. The van der Waals surface area contributed by atoms with Gasteiger partial charge in [-0.25, -0.2) is 0 Å². The van der Waals surface area contributed by atoms with Crippen LogP contribution in [-0.4, -0.2) is 21.3 Å². The summed E-state index contributed by atoms with van der Waals surface area (Å²) in [7, 11) is 1.97. The number of thiophene rings is 1. The molecule has 0 bridgehead atoms. The predicted molar refractivity (Wildman–Crippen MR) is 65.5 cm³/mol. The lowest BCUT2D eigenvalue weighted by atomic mass is 10.4. The Morgan fingerprint density at radius 3 is 2.94 bits per heavy atom. The summed E-state index contributed by atoms with van der Waals surface area (Å²) in [4.78, 5) is 2.75. The number of nitrogens with zero attached hydrogens (tertiary/aromatic N) is 3. The van der Waals surface area contributed by atoms with Gasteiger partial charge in [0, 0.05) is 36.3 Å². The molecule has 0 unspecified atom stereocenters. The SMILES string of the molecule is Cc1ccc(CNCCc2nncn2C)s1. The lowest BCUT2D eigenvalue weighted by Gasteiger charge is -2.02. The molecule has 4 nitrogen and oxygen atoms in total. The van der Waals surface area contributed by atoms with Gasteiger partial charge in [-0.15, -0.1) is 21.5 Å². The molecule has 1 N–H and O–H groups in total. The average Bonchev–Trinajstić information content (AvgIpc) is 2.83. The zero-order valence-corrected chi connectivity index (χ0v) is 10.4. The molecule has 86 valence electrons. The lowest BCUT2D eigenvalue weighted by molar-refractivity contribution is 0.658. The van der Waals surface area contributed by atoms with Crippen LogP contribution in [0.1, 0.15) is 15.6 Å². The van der Waals surface area contributed by atoms with E-state index in [2.05, 4.69) is 34.6 Å². The second kappa shape index (κ2) is 5.23. The molecule has 0 saturated heterocycles. The van der Waals surface area contributed by atoms with Gasteiger partial charge in [-0.05, 0) is 19.1 Å². The van der Waals surface area contributed by atoms with Gasteiger partial charge in [0.25, 0.3) is 0 Å². The van der Waals surface area contributed by atoms with Crippen LogP contribution in [-0.2, 0) is 20.0 Å². The predicted octanol–water partition coefficient (Wildman–Crippen LogP) is 1.52. The summed E-state index contributed by atoms with van der Waals surface area (Å²) in [5.74, 6) is 1.02. The van der Waals surface area contributed by atoms with E-state index in [1.54, 1.807) is 6.33 Å². The van der Waals surface area contributed by atoms with Crippen LogP contribution < -0.4 is 5.32 Å². The van der Waals surface area contributed by atoms with Crippen molar-refractivity contribution in [3.63, 3.8) is 0 Å². The third-order valence-electron chi connectivity index (χ3n) is 2.43. The maximum absolute atomic E-state index is 4.04. The third-order valence-corrected chi connectivity index (χ3v) is 3.43. The smallest absolute Gasteiger partial charge is 0.133 e. The first kappa shape index (κ1) is 11.3. The minimum Gasteiger partial charge on any atom is -0.321 e. The van der Waals surface area contributed by atoms with E-state index in [0.29, 0.717) is 0 Å². The maximum atomic E-state index is 4.04. The molecule has 16 heavy (non-hydrogen) atoms. The molecule has 0 spiro atoms. The van der Waals surface area contributed by atoms with Crippen LogP contribution in [0.3, 0.4) is 0 Å². The van der Waals surface area contributed by atoms with E-state index in [-0.39, 0.29) is 0 Å². The van der Waals surface area contributed by atoms with E-state index in [0.717, 1.165) is 25.3 Å². The molecule has 2 heterocycles. The van der Waals surface area contributed by atoms with Gasteiger partial charge in [-0.3, -0.25) is 0 Å². The number of hydrogen-bond acceptors (Lipinski definition) is 4. The van der Waals surface area contributed by atoms with Gasteiger partial charge in [0.05, 0.1) is 0 Å². The largest absolute Gasteiger partial charge is 0.321 e. The van der Waals surface area contributed by atoms with Crippen molar-refractivity contribution in [2.75, 3.05) is 6.54 Å². The highest BCUT2D eigenvalue weighted by Crippen LogP contribution is 2.14. The fraction of sp³-hybridized carbons (Fsp3) is 0.455. The number of aromatic nitrogens is 3. The molecule has 2 aromatic rings. The first-order valence-corrected chi connectivity index (χ1v) is 6.16. The summed E-state index contributed by atoms with van der Waals surface area (Å²) in [5.41, 5.74) is 0. The van der Waals surface area contributed by atoms with Crippen LogP contribution in [0.2, 0.25) is 0 Å². The van der Waals surface area contributed by atoms with Crippen LogP contribution in [0.5, 0.6) is 0 Å². The first-order valence-electron chi connectivity index (χ1n) is 5.34. The van der Waals surface area contributed by atoms with Gasteiger partial charge in [-0.1, -0.05) is 0 Å². The molecule has 0 aliphatic rings. The van der Waals surface area contributed by atoms with Crippen molar-refractivity contribution in [3.8, 4) is 0 Å². The Labute approximate surface area is 99.3 Å². The monoisotopic (exact) mass is 236 g/mol. The van der Waals surface area contributed by atoms with Crippen molar-refractivity contribution in [1.29, 1.82) is 0 Å². The molecule has 5 heteroatoms. The Bertz CT molecular complexity index is 446. The van der Waals surface area contributed by atoms with E-state index in [1.165, 1.54) is 9.75 Å². The molecule has 0 atom stereocenters. The Morgan fingerprint density at radius 2 is 2.31 bits per heavy atom. The van der Waals surface area contributed by atoms with Gasteiger partial charge >= 0.3 is 0 Å². The fourth-order valence-electron chi connectivity index (χ4n) is 1.53. The third kappa shape index (κ3) is 2.90. The Balaban J connectivity index is 1.71. The second-order valence-corrected chi connectivity index (χ2v) is 5.17. The number of hydrogen-bond donors (Lipinski definition) is 1. The summed E-state index contributed by atoms with van der Waals surface area (Å²) in [6.07, 6.45) is 2.65. The average molecular weight is 236 g/mol. The molecule has 2 aromatic heterocycles. The quantitative estimate of drug-likeness (QED) is 0.800. The van der Waals surface area contributed by atoms with Gasteiger partial charge in [-0.2, -0.15) is 0 Å². The molecule has 0 aromatic carbocycles. The van der Waals surface area contributed by atoms with Crippen LogP contribution in [0.4, 0.5) is 0 Å². The maximum Gasteiger partial charge on any atom is 0.133 e. The van der Waals surface area contributed by atoms with E-state index in [9.17, 15) is 0 Å². The Kier molecular flexibility index (Phi) is 3.69. The van der Waals surface area contributed by atoms with Crippen molar-refractivity contribution in [2.24, 2.45) is 7.05 Å². The molecule has 0 fully saturated rings. The zero-order chi connectivity index (χ0) is 11.4. The van der Waals surface area contributed by atoms with Crippen molar-refractivity contribution in [3.05, 3.63) is 34.0 Å². The molecule has 2 rings (SSSR count). The van der Waals surface area contributed by atoms with E-state index < -0.39 is 0 Å². The van der Waals surface area contributed by atoms with Gasteiger partial charge in [0.1, 0.15) is 12.2 Å². The van der Waals surface area contributed by atoms with Crippen LogP contribution in [0, 0.1) is 6.92 Å². The van der Waals surface area contributed by atoms with Crippen molar-refractivity contribution in [2.45, 2.75) is 19.9 Å². The molecule has 0 saturated carbocycles. The van der Waals surface area contributed by atoms with Crippen molar-refractivity contribution in [1.82, 2.24) is 20.1 Å². The standard InChI is InChI=1S/C11H16N4S/c1-9-3-4-10(16-9)7-12-6-5-11-14-13-8-15(11)2/h3-4,8,12H,5-7H2,1-2H3. The number of aryl methyl sites for hydroxylation is 2. The van der Waals surface area contributed by atoms with E-state index in [4.69, 9.17) is 0 Å². The van der Waals surface area contributed by atoms with Gasteiger partial charge in [0.15, 0.2) is 0 Å². The number of rotatable bonds is 5. The topological polar surface area (TPSA) is 42.7 Å². The molecular weight excluding hydrogens is 220 g/mol. The summed E-state index contributed by atoms with van der Waals surface area (Å²) >= 11 is 1.84. The van der Waals surface area contributed by atoms with E-state index >= 15 is 0 Å². The highest BCUT2D eigenvalue weighted by atomic mass is 32.1. The van der Waals surface area contributed by atoms with E-state index in [1.807, 2.05) is 23.0 Å². The molecule has 0 aliphatic carbocycles. The van der Waals surface area contributed by atoms with Crippen LogP contribution in [0.15, 0.2) is 18.5 Å². The summed E-state index contributed by atoms with van der Waals surface area (Å²) in [6, 6.07) is 4.33. The Morgan fingerprint density at radius 1 is 1.44 bits per heavy atom. The fourth-order valence-corrected chi connectivity index (χ4v) is 2.39. The Hall–Kier alpha value is -1.20. The summed E-state index contributed by atoms with van der Waals surface area (Å²) < 4.78 is 1.96. The van der Waals surface area contributed by atoms with Gasteiger partial charge < -0.3 is 9.88 Å². The minimum atomic E-state index is 0.918. The molecular formula is C11H16N4S. The van der Waals surface area contributed by atoms with Crippen LogP contribution in [0.25, 0.3) is 0 Å². The number of nitrogens with one attached hydrogen (secondary N) is 1.